The summed E-state index contributed by atoms with van der Waals surface area (Å²) in [6, 6.07) is 6.33. The van der Waals surface area contributed by atoms with Crippen LogP contribution < -0.4 is 4.74 Å². The lowest BCUT2D eigenvalue weighted by atomic mass is 10.2. The molecule has 0 spiro atoms. The number of benzene rings is 1. The molecule has 0 N–H and O–H groups in total. The summed E-state index contributed by atoms with van der Waals surface area (Å²) in [6.07, 6.45) is 4.60. The lowest BCUT2D eigenvalue weighted by Crippen LogP contribution is -1.95. The van der Waals surface area contributed by atoms with Gasteiger partial charge in [0.2, 0.25) is 11.6 Å². The van der Waals surface area contributed by atoms with Gasteiger partial charge in [0.25, 0.3) is 0 Å². The van der Waals surface area contributed by atoms with E-state index in [0.29, 0.717) is 5.88 Å². The Balaban J connectivity index is 1.84. The number of nitro groups is 1. The molecule has 0 atom stereocenters. The molecule has 2 aromatic heterocycles. The lowest BCUT2D eigenvalue weighted by molar-refractivity contribution is -0.385. The van der Waals surface area contributed by atoms with E-state index in [1.807, 2.05) is 0 Å². The number of nitrogens with zero attached hydrogens (tertiary/aromatic N) is 3. The highest BCUT2D eigenvalue weighted by Crippen LogP contribution is 2.41. The van der Waals surface area contributed by atoms with E-state index < -0.39 is 4.92 Å². The summed E-state index contributed by atoms with van der Waals surface area (Å²) in [4.78, 5) is 21.4. The molecule has 0 bridgehead atoms. The number of nitro benzene ring substituents is 1. The van der Waals surface area contributed by atoms with Crippen molar-refractivity contribution in [1.82, 2.24) is 9.97 Å². The molecule has 1 aliphatic carbocycles. The second-order valence-corrected chi connectivity index (χ2v) is 6.13. The molecular weight excluding hydrogens is 302 g/mol. The number of aromatic nitrogens is 2. The van der Waals surface area contributed by atoms with Gasteiger partial charge in [-0.05, 0) is 30.9 Å². The quantitative estimate of drug-likeness (QED) is 0.541. The number of rotatable bonds is 3. The van der Waals surface area contributed by atoms with Gasteiger partial charge in [-0.25, -0.2) is 9.97 Å². The minimum Gasteiger partial charge on any atom is -0.431 e. The van der Waals surface area contributed by atoms with Crippen LogP contribution in [0.5, 0.6) is 11.6 Å². The van der Waals surface area contributed by atoms with Crippen molar-refractivity contribution >= 4 is 27.2 Å². The van der Waals surface area contributed by atoms with Gasteiger partial charge in [0.15, 0.2) is 0 Å². The van der Waals surface area contributed by atoms with Crippen molar-refractivity contribution in [3.63, 3.8) is 0 Å². The summed E-state index contributed by atoms with van der Waals surface area (Å²) in [5.41, 5.74) is 1.16. The average molecular weight is 313 g/mol. The maximum atomic E-state index is 11.1. The van der Waals surface area contributed by atoms with Crippen molar-refractivity contribution in [2.24, 2.45) is 0 Å². The summed E-state index contributed by atoms with van der Waals surface area (Å²) in [5, 5.41) is 12.0. The van der Waals surface area contributed by atoms with Crippen molar-refractivity contribution in [2.45, 2.75) is 19.3 Å². The van der Waals surface area contributed by atoms with E-state index >= 15 is 0 Å². The summed E-state index contributed by atoms with van der Waals surface area (Å²) in [5.74, 6) is 0.601. The van der Waals surface area contributed by atoms with E-state index in [1.54, 1.807) is 29.5 Å². The van der Waals surface area contributed by atoms with Crippen molar-refractivity contribution in [3.8, 4) is 11.6 Å². The van der Waals surface area contributed by atoms with Crippen LogP contribution in [0.4, 0.5) is 5.69 Å². The fraction of sp³-hybridized carbons (Fsp3) is 0.200. The van der Waals surface area contributed by atoms with Crippen LogP contribution in [0.2, 0.25) is 0 Å². The molecule has 3 aromatic rings. The van der Waals surface area contributed by atoms with Crippen LogP contribution in [0.25, 0.3) is 10.2 Å². The first-order valence-electron chi connectivity index (χ1n) is 6.90. The van der Waals surface area contributed by atoms with Crippen LogP contribution in [0.15, 0.2) is 30.6 Å². The van der Waals surface area contributed by atoms with Crippen LogP contribution in [-0.2, 0) is 12.8 Å². The number of aryl methyl sites for hydroxylation is 2. The molecule has 0 amide bonds. The van der Waals surface area contributed by atoms with E-state index in [9.17, 15) is 10.1 Å². The molecule has 4 rings (SSSR count). The Morgan fingerprint density at radius 1 is 1.23 bits per heavy atom. The SMILES string of the molecule is O=[N+]([O-])c1ccccc1Oc1ncnc2sc3c(c12)CCC3. The number of hydrogen-bond acceptors (Lipinski definition) is 6. The van der Waals surface area contributed by atoms with Crippen LogP contribution in [0, 0.1) is 10.1 Å². The predicted molar refractivity (Wildman–Crippen MR) is 82.6 cm³/mol. The normalized spacial score (nSPS) is 13.3. The second-order valence-electron chi connectivity index (χ2n) is 5.04. The van der Waals surface area contributed by atoms with Gasteiger partial charge in [-0.15, -0.1) is 11.3 Å². The van der Waals surface area contributed by atoms with Gasteiger partial charge >= 0.3 is 5.69 Å². The number of fused-ring (bicyclic) bond motifs is 3. The molecule has 2 heterocycles. The topological polar surface area (TPSA) is 78.2 Å². The molecule has 110 valence electrons. The van der Waals surface area contributed by atoms with E-state index in [-0.39, 0.29) is 11.4 Å². The van der Waals surface area contributed by atoms with Gasteiger partial charge in [-0.1, -0.05) is 12.1 Å². The highest BCUT2D eigenvalue weighted by Gasteiger charge is 2.23. The molecule has 0 fully saturated rings. The second kappa shape index (κ2) is 5.03. The highest BCUT2D eigenvalue weighted by atomic mass is 32.1. The lowest BCUT2D eigenvalue weighted by Gasteiger charge is -2.06. The third kappa shape index (κ3) is 2.01. The molecule has 1 aliphatic rings. The van der Waals surface area contributed by atoms with Crippen molar-refractivity contribution in [2.75, 3.05) is 0 Å². The Morgan fingerprint density at radius 2 is 2.09 bits per heavy atom. The number of ether oxygens (including phenoxy) is 1. The van der Waals surface area contributed by atoms with E-state index in [1.165, 1.54) is 22.8 Å². The number of hydrogen-bond donors (Lipinski definition) is 0. The highest BCUT2D eigenvalue weighted by molar-refractivity contribution is 7.18. The van der Waals surface area contributed by atoms with Crippen molar-refractivity contribution < 1.29 is 9.66 Å². The maximum absolute atomic E-state index is 11.1. The fourth-order valence-electron chi connectivity index (χ4n) is 2.78. The van der Waals surface area contributed by atoms with Gasteiger partial charge in [0.05, 0.1) is 10.3 Å². The van der Waals surface area contributed by atoms with E-state index in [0.717, 1.165) is 29.5 Å². The zero-order valence-electron chi connectivity index (χ0n) is 11.5. The number of para-hydroxylation sites is 2. The van der Waals surface area contributed by atoms with Crippen LogP contribution in [0.3, 0.4) is 0 Å². The Morgan fingerprint density at radius 3 is 2.95 bits per heavy atom. The molecule has 1 aromatic carbocycles. The minimum atomic E-state index is -0.453. The molecule has 0 aliphatic heterocycles. The van der Waals surface area contributed by atoms with Gasteiger partial charge in [0.1, 0.15) is 11.2 Å². The molecule has 0 saturated heterocycles. The predicted octanol–water partition coefficient (Wildman–Crippen LogP) is 3.88. The zero-order chi connectivity index (χ0) is 15.1. The Hall–Kier alpha value is -2.54. The maximum Gasteiger partial charge on any atom is 0.311 e. The molecule has 7 heteroatoms. The van der Waals surface area contributed by atoms with Gasteiger partial charge in [-0.3, -0.25) is 10.1 Å². The van der Waals surface area contributed by atoms with Crippen LogP contribution in [-0.4, -0.2) is 14.9 Å². The van der Waals surface area contributed by atoms with Crippen molar-refractivity contribution in [3.05, 3.63) is 51.1 Å². The third-order valence-corrected chi connectivity index (χ3v) is 4.93. The average Bonchev–Trinajstić information content (AvgIpc) is 3.08. The van der Waals surface area contributed by atoms with Gasteiger partial charge < -0.3 is 4.74 Å². The first-order valence-corrected chi connectivity index (χ1v) is 7.72. The third-order valence-electron chi connectivity index (χ3n) is 3.74. The van der Waals surface area contributed by atoms with Crippen molar-refractivity contribution in [1.29, 1.82) is 0 Å². The summed E-state index contributed by atoms with van der Waals surface area (Å²) < 4.78 is 5.78. The van der Waals surface area contributed by atoms with E-state index in [4.69, 9.17) is 4.74 Å². The van der Waals surface area contributed by atoms with Crippen LogP contribution >= 0.6 is 11.3 Å². The smallest absolute Gasteiger partial charge is 0.311 e. The first-order chi connectivity index (χ1) is 10.7. The standard InChI is InChI=1S/C15H11N3O3S/c19-18(20)10-5-1-2-6-11(10)21-14-13-9-4-3-7-12(9)22-15(13)17-8-16-14/h1-2,5-6,8H,3-4,7H2. The molecule has 22 heavy (non-hydrogen) atoms. The van der Waals surface area contributed by atoms with Gasteiger partial charge in [0, 0.05) is 10.9 Å². The molecule has 0 radical (unpaired) electrons. The Labute approximate surface area is 129 Å². The molecule has 0 unspecified atom stereocenters. The zero-order valence-corrected chi connectivity index (χ0v) is 12.3. The van der Waals surface area contributed by atoms with Gasteiger partial charge in [-0.2, -0.15) is 0 Å². The fourth-order valence-corrected chi connectivity index (χ4v) is 4.00. The Bertz CT molecular complexity index is 891. The largest absolute Gasteiger partial charge is 0.431 e. The Kier molecular flexibility index (Phi) is 3.00. The molecule has 0 saturated carbocycles. The summed E-state index contributed by atoms with van der Waals surface area (Å²) in [6.45, 7) is 0. The summed E-state index contributed by atoms with van der Waals surface area (Å²) >= 11 is 1.66. The minimum absolute atomic E-state index is 0.0684. The monoisotopic (exact) mass is 313 g/mol. The molecular formula is C15H11N3O3S. The van der Waals surface area contributed by atoms with Crippen LogP contribution in [0.1, 0.15) is 16.9 Å². The van der Waals surface area contributed by atoms with E-state index in [2.05, 4.69) is 9.97 Å². The molecule has 6 nitrogen and oxygen atoms in total. The first kappa shape index (κ1) is 13.1. The number of thiophene rings is 1. The summed E-state index contributed by atoms with van der Waals surface area (Å²) in [7, 11) is 0.